The molecule has 0 aromatic carbocycles. The van der Waals surface area contributed by atoms with Crippen molar-refractivity contribution < 1.29 is 9.59 Å². The third-order valence-corrected chi connectivity index (χ3v) is 4.97. The molecule has 4 nitrogen and oxygen atoms in total. The van der Waals surface area contributed by atoms with Gasteiger partial charge in [-0.1, -0.05) is 33.6 Å². The third kappa shape index (κ3) is 3.41. The number of carbonyl (C=O) groups is 2. The summed E-state index contributed by atoms with van der Waals surface area (Å²) in [5.74, 6) is 1.49. The predicted octanol–water partition coefficient (Wildman–Crippen LogP) is 2.57. The standard InChI is InChI=1S/C17H30N2O2/c1-11(2)14-15(20)18-17(4,5)16(21)19(14)10-13-8-6-7-12(3)9-13/h11-14H,6-10H2,1-5H3,(H,18,20). The largest absolute Gasteiger partial charge is 0.340 e. The molecule has 2 fully saturated rings. The van der Waals surface area contributed by atoms with Crippen LogP contribution in [0.3, 0.4) is 0 Å². The second kappa shape index (κ2) is 5.98. The summed E-state index contributed by atoms with van der Waals surface area (Å²) in [5, 5.41) is 2.88. The number of piperazine rings is 1. The average Bonchev–Trinajstić information content (AvgIpc) is 2.34. The van der Waals surface area contributed by atoms with Crippen LogP contribution in [0.15, 0.2) is 0 Å². The summed E-state index contributed by atoms with van der Waals surface area (Å²) in [4.78, 5) is 27.0. The van der Waals surface area contributed by atoms with E-state index in [1.54, 1.807) is 13.8 Å². The molecule has 1 heterocycles. The van der Waals surface area contributed by atoms with E-state index in [0.717, 1.165) is 12.5 Å². The van der Waals surface area contributed by atoms with E-state index < -0.39 is 5.54 Å². The minimum absolute atomic E-state index is 0.00143. The number of hydrogen-bond acceptors (Lipinski definition) is 2. The summed E-state index contributed by atoms with van der Waals surface area (Å²) in [6.45, 7) is 10.7. The Kier molecular flexibility index (Phi) is 4.64. The second-order valence-corrected chi connectivity index (χ2v) is 7.90. The van der Waals surface area contributed by atoms with Gasteiger partial charge in [0.25, 0.3) is 0 Å². The molecule has 0 aromatic rings. The molecule has 0 aromatic heterocycles. The van der Waals surface area contributed by atoms with E-state index in [-0.39, 0.29) is 23.8 Å². The van der Waals surface area contributed by atoms with Crippen LogP contribution >= 0.6 is 0 Å². The molecular weight excluding hydrogens is 264 g/mol. The summed E-state index contributed by atoms with van der Waals surface area (Å²) in [7, 11) is 0. The SMILES string of the molecule is CC1CCCC(CN2C(=O)C(C)(C)NC(=O)C2C(C)C)C1. The van der Waals surface area contributed by atoms with Gasteiger partial charge in [-0.15, -0.1) is 0 Å². The summed E-state index contributed by atoms with van der Waals surface area (Å²) in [6.07, 6.45) is 4.90. The molecule has 1 saturated heterocycles. The molecule has 2 amide bonds. The zero-order valence-electron chi connectivity index (χ0n) is 14.1. The molecule has 1 aliphatic carbocycles. The number of nitrogens with one attached hydrogen (secondary N) is 1. The Morgan fingerprint density at radius 1 is 1.29 bits per heavy atom. The van der Waals surface area contributed by atoms with Crippen LogP contribution in [-0.4, -0.2) is 34.8 Å². The van der Waals surface area contributed by atoms with Gasteiger partial charge in [0, 0.05) is 6.54 Å². The fourth-order valence-corrected chi connectivity index (χ4v) is 3.93. The Bertz CT molecular complexity index is 417. The Balaban J connectivity index is 2.18. The summed E-state index contributed by atoms with van der Waals surface area (Å²) in [6, 6.07) is -0.317. The van der Waals surface area contributed by atoms with Crippen LogP contribution in [-0.2, 0) is 9.59 Å². The fourth-order valence-electron chi connectivity index (χ4n) is 3.93. The highest BCUT2D eigenvalue weighted by molar-refractivity contribution is 5.99. The van der Waals surface area contributed by atoms with Crippen molar-refractivity contribution in [3.05, 3.63) is 0 Å². The lowest BCUT2D eigenvalue weighted by Gasteiger charge is -2.46. The zero-order valence-corrected chi connectivity index (χ0v) is 14.1. The summed E-state index contributed by atoms with van der Waals surface area (Å²) < 4.78 is 0. The van der Waals surface area contributed by atoms with Crippen molar-refractivity contribution >= 4 is 11.8 Å². The predicted molar refractivity (Wildman–Crippen MR) is 83.7 cm³/mol. The van der Waals surface area contributed by atoms with Gasteiger partial charge in [0.05, 0.1) is 0 Å². The molecule has 3 unspecified atom stereocenters. The van der Waals surface area contributed by atoms with Crippen LogP contribution in [0.4, 0.5) is 0 Å². The third-order valence-electron chi connectivity index (χ3n) is 4.97. The van der Waals surface area contributed by atoms with Gasteiger partial charge in [0.1, 0.15) is 11.6 Å². The molecule has 4 heteroatoms. The lowest BCUT2D eigenvalue weighted by molar-refractivity contribution is -0.156. The highest BCUT2D eigenvalue weighted by Gasteiger charge is 2.46. The quantitative estimate of drug-likeness (QED) is 0.869. The van der Waals surface area contributed by atoms with Crippen LogP contribution < -0.4 is 5.32 Å². The molecular formula is C17H30N2O2. The lowest BCUT2D eigenvalue weighted by Crippen LogP contribution is -2.69. The molecule has 21 heavy (non-hydrogen) atoms. The highest BCUT2D eigenvalue weighted by Crippen LogP contribution is 2.32. The van der Waals surface area contributed by atoms with Crippen LogP contribution in [0.5, 0.6) is 0 Å². The number of nitrogens with zero attached hydrogens (tertiary/aromatic N) is 1. The number of carbonyl (C=O) groups excluding carboxylic acids is 2. The fraction of sp³-hybridized carbons (Fsp3) is 0.882. The Morgan fingerprint density at radius 2 is 1.95 bits per heavy atom. The molecule has 2 rings (SSSR count). The van der Waals surface area contributed by atoms with Gasteiger partial charge in [-0.3, -0.25) is 9.59 Å². The van der Waals surface area contributed by atoms with Crippen LogP contribution in [0.1, 0.15) is 60.3 Å². The van der Waals surface area contributed by atoms with Gasteiger partial charge in [-0.05, 0) is 44.4 Å². The molecule has 1 N–H and O–H groups in total. The van der Waals surface area contributed by atoms with E-state index in [2.05, 4.69) is 12.2 Å². The molecule has 0 bridgehead atoms. The zero-order chi connectivity index (χ0) is 15.8. The monoisotopic (exact) mass is 294 g/mol. The van der Waals surface area contributed by atoms with E-state index in [1.165, 1.54) is 25.7 Å². The van der Waals surface area contributed by atoms with Gasteiger partial charge in [-0.2, -0.15) is 0 Å². The Morgan fingerprint density at radius 3 is 2.52 bits per heavy atom. The minimum atomic E-state index is -0.775. The van der Waals surface area contributed by atoms with Crippen molar-refractivity contribution in [1.82, 2.24) is 10.2 Å². The van der Waals surface area contributed by atoms with E-state index in [4.69, 9.17) is 0 Å². The van der Waals surface area contributed by atoms with E-state index in [0.29, 0.717) is 5.92 Å². The van der Waals surface area contributed by atoms with E-state index in [9.17, 15) is 9.59 Å². The molecule has 1 aliphatic heterocycles. The molecule has 3 atom stereocenters. The van der Waals surface area contributed by atoms with Crippen molar-refractivity contribution in [3.63, 3.8) is 0 Å². The maximum Gasteiger partial charge on any atom is 0.248 e. The van der Waals surface area contributed by atoms with Crippen molar-refractivity contribution in [1.29, 1.82) is 0 Å². The van der Waals surface area contributed by atoms with Crippen LogP contribution in [0, 0.1) is 17.8 Å². The first kappa shape index (κ1) is 16.3. The van der Waals surface area contributed by atoms with Crippen LogP contribution in [0.2, 0.25) is 0 Å². The van der Waals surface area contributed by atoms with Crippen LogP contribution in [0.25, 0.3) is 0 Å². The van der Waals surface area contributed by atoms with Gasteiger partial charge in [-0.25, -0.2) is 0 Å². The smallest absolute Gasteiger partial charge is 0.248 e. The molecule has 0 spiro atoms. The molecule has 1 saturated carbocycles. The van der Waals surface area contributed by atoms with Gasteiger partial charge in [0.15, 0.2) is 0 Å². The van der Waals surface area contributed by atoms with Crippen molar-refractivity contribution in [2.24, 2.45) is 17.8 Å². The minimum Gasteiger partial charge on any atom is -0.340 e. The first-order chi connectivity index (χ1) is 9.72. The Labute approximate surface area is 128 Å². The summed E-state index contributed by atoms with van der Waals surface area (Å²) in [5.41, 5.74) is -0.775. The molecule has 120 valence electrons. The van der Waals surface area contributed by atoms with Gasteiger partial charge < -0.3 is 10.2 Å². The highest BCUT2D eigenvalue weighted by atomic mass is 16.2. The van der Waals surface area contributed by atoms with Crippen molar-refractivity contribution in [3.8, 4) is 0 Å². The van der Waals surface area contributed by atoms with E-state index >= 15 is 0 Å². The molecule has 0 radical (unpaired) electrons. The Hall–Kier alpha value is -1.06. The number of amides is 2. The maximum atomic E-state index is 12.8. The second-order valence-electron chi connectivity index (χ2n) is 7.90. The van der Waals surface area contributed by atoms with E-state index in [1.807, 2.05) is 18.7 Å². The van der Waals surface area contributed by atoms with Gasteiger partial charge in [0.2, 0.25) is 11.8 Å². The van der Waals surface area contributed by atoms with Crippen molar-refractivity contribution in [2.45, 2.75) is 71.9 Å². The average molecular weight is 294 g/mol. The van der Waals surface area contributed by atoms with Crippen molar-refractivity contribution in [2.75, 3.05) is 6.54 Å². The summed E-state index contributed by atoms with van der Waals surface area (Å²) >= 11 is 0. The first-order valence-corrected chi connectivity index (χ1v) is 8.35. The normalized spacial score (nSPS) is 33.2. The first-order valence-electron chi connectivity index (χ1n) is 8.35. The van der Waals surface area contributed by atoms with Gasteiger partial charge >= 0.3 is 0 Å². The topological polar surface area (TPSA) is 49.4 Å². The molecule has 2 aliphatic rings. The lowest BCUT2D eigenvalue weighted by atomic mass is 9.81. The maximum absolute atomic E-state index is 12.8. The number of hydrogen-bond donors (Lipinski definition) is 1. The number of rotatable bonds is 3.